The Balaban J connectivity index is 2.18. The third-order valence-electron chi connectivity index (χ3n) is 4.02. The molecule has 0 saturated heterocycles. The largest absolute Gasteiger partial charge is 0.383 e. The maximum absolute atomic E-state index is 5.10. The van der Waals surface area contributed by atoms with Gasteiger partial charge in [-0.05, 0) is 42.7 Å². The summed E-state index contributed by atoms with van der Waals surface area (Å²) >= 11 is 2.08. The monoisotopic (exact) mass is 273 g/mol. The van der Waals surface area contributed by atoms with E-state index in [-0.39, 0.29) is 0 Å². The third kappa shape index (κ3) is 7.01. The number of ether oxygens (including phenoxy) is 1. The van der Waals surface area contributed by atoms with E-state index in [9.17, 15) is 0 Å². The lowest BCUT2D eigenvalue weighted by atomic mass is 9.87. The predicted molar refractivity (Wildman–Crippen MR) is 82.4 cm³/mol. The molecule has 0 aromatic heterocycles. The van der Waals surface area contributed by atoms with Gasteiger partial charge in [-0.3, -0.25) is 0 Å². The van der Waals surface area contributed by atoms with E-state index < -0.39 is 0 Å². The van der Waals surface area contributed by atoms with Crippen molar-refractivity contribution in [2.75, 3.05) is 38.3 Å². The van der Waals surface area contributed by atoms with Crippen LogP contribution >= 0.6 is 11.8 Å². The SMILES string of the molecule is CCSCCCC(CNCCOC)C1CCCC1. The summed E-state index contributed by atoms with van der Waals surface area (Å²) in [5, 5.41) is 3.57. The van der Waals surface area contributed by atoms with Gasteiger partial charge in [0, 0.05) is 13.7 Å². The molecule has 1 saturated carbocycles. The van der Waals surface area contributed by atoms with Crippen LogP contribution in [0.1, 0.15) is 45.4 Å². The Morgan fingerprint density at radius 1 is 1.33 bits per heavy atom. The zero-order valence-corrected chi connectivity index (χ0v) is 13.1. The van der Waals surface area contributed by atoms with Crippen LogP contribution in [0.5, 0.6) is 0 Å². The van der Waals surface area contributed by atoms with E-state index >= 15 is 0 Å². The highest BCUT2D eigenvalue weighted by Gasteiger charge is 2.24. The Kier molecular flexibility index (Phi) is 10.1. The molecular formula is C15H31NOS. The van der Waals surface area contributed by atoms with Gasteiger partial charge in [0.2, 0.25) is 0 Å². The third-order valence-corrected chi connectivity index (χ3v) is 5.01. The smallest absolute Gasteiger partial charge is 0.0587 e. The van der Waals surface area contributed by atoms with Crippen LogP contribution in [0, 0.1) is 11.8 Å². The Bertz CT molecular complexity index is 171. The first kappa shape index (κ1) is 16.3. The Morgan fingerprint density at radius 2 is 2.11 bits per heavy atom. The van der Waals surface area contributed by atoms with E-state index in [0.29, 0.717) is 0 Å². The van der Waals surface area contributed by atoms with Gasteiger partial charge < -0.3 is 10.1 Å². The van der Waals surface area contributed by atoms with Gasteiger partial charge in [0.05, 0.1) is 6.61 Å². The number of nitrogens with one attached hydrogen (secondary N) is 1. The highest BCUT2D eigenvalue weighted by Crippen LogP contribution is 2.33. The minimum absolute atomic E-state index is 0.836. The van der Waals surface area contributed by atoms with Crippen molar-refractivity contribution < 1.29 is 4.74 Å². The molecule has 0 bridgehead atoms. The van der Waals surface area contributed by atoms with Crippen LogP contribution < -0.4 is 5.32 Å². The molecule has 1 fully saturated rings. The second-order valence-electron chi connectivity index (χ2n) is 5.34. The summed E-state index contributed by atoms with van der Waals surface area (Å²) in [4.78, 5) is 0. The molecule has 1 aliphatic carbocycles. The van der Waals surface area contributed by atoms with Crippen LogP contribution in [0.25, 0.3) is 0 Å². The molecule has 0 amide bonds. The summed E-state index contributed by atoms with van der Waals surface area (Å²) in [5.74, 6) is 4.51. The average Bonchev–Trinajstić information content (AvgIpc) is 2.91. The normalized spacial score (nSPS) is 18.3. The molecule has 3 heteroatoms. The fourth-order valence-corrected chi connectivity index (χ4v) is 3.65. The second kappa shape index (κ2) is 11.1. The number of hydrogen-bond donors (Lipinski definition) is 1. The summed E-state index contributed by atoms with van der Waals surface area (Å²) in [6.07, 6.45) is 8.67. The Morgan fingerprint density at radius 3 is 2.78 bits per heavy atom. The lowest BCUT2D eigenvalue weighted by molar-refractivity contribution is 0.194. The number of rotatable bonds is 11. The van der Waals surface area contributed by atoms with E-state index in [1.54, 1.807) is 7.11 Å². The molecule has 0 radical (unpaired) electrons. The van der Waals surface area contributed by atoms with Gasteiger partial charge >= 0.3 is 0 Å². The fraction of sp³-hybridized carbons (Fsp3) is 1.00. The summed E-state index contributed by atoms with van der Waals surface area (Å²) in [6.45, 7) is 5.29. The molecule has 2 nitrogen and oxygen atoms in total. The summed E-state index contributed by atoms with van der Waals surface area (Å²) in [7, 11) is 1.78. The van der Waals surface area contributed by atoms with Crippen LogP contribution in [0.15, 0.2) is 0 Å². The highest BCUT2D eigenvalue weighted by molar-refractivity contribution is 7.99. The molecule has 0 spiro atoms. The molecule has 0 aromatic rings. The van der Waals surface area contributed by atoms with Crippen molar-refractivity contribution in [2.45, 2.75) is 45.4 Å². The van der Waals surface area contributed by atoms with Gasteiger partial charge in [-0.2, -0.15) is 11.8 Å². The summed E-state index contributed by atoms with van der Waals surface area (Å²) in [6, 6.07) is 0. The molecule has 1 unspecified atom stereocenters. The first-order valence-electron chi connectivity index (χ1n) is 7.65. The molecule has 108 valence electrons. The zero-order valence-electron chi connectivity index (χ0n) is 12.2. The molecule has 1 aliphatic rings. The van der Waals surface area contributed by atoms with E-state index in [2.05, 4.69) is 24.0 Å². The number of thioether (sulfide) groups is 1. The van der Waals surface area contributed by atoms with Gasteiger partial charge in [-0.25, -0.2) is 0 Å². The lowest BCUT2D eigenvalue weighted by Gasteiger charge is -2.24. The van der Waals surface area contributed by atoms with Crippen LogP contribution in [0.2, 0.25) is 0 Å². The van der Waals surface area contributed by atoms with E-state index in [1.165, 1.54) is 56.6 Å². The van der Waals surface area contributed by atoms with Crippen molar-refractivity contribution in [1.82, 2.24) is 5.32 Å². The molecule has 0 heterocycles. The van der Waals surface area contributed by atoms with Gasteiger partial charge in [-0.15, -0.1) is 0 Å². The molecule has 1 rings (SSSR count). The first-order valence-corrected chi connectivity index (χ1v) is 8.81. The molecule has 0 aromatic carbocycles. The average molecular weight is 273 g/mol. The number of methoxy groups -OCH3 is 1. The van der Waals surface area contributed by atoms with E-state index in [0.717, 1.165) is 25.0 Å². The standard InChI is InChI=1S/C15H31NOS/c1-3-18-12-6-9-15(13-16-10-11-17-2)14-7-4-5-8-14/h14-16H,3-13H2,1-2H3. The summed E-state index contributed by atoms with van der Waals surface area (Å²) < 4.78 is 5.10. The van der Waals surface area contributed by atoms with E-state index in [1.807, 2.05) is 0 Å². The van der Waals surface area contributed by atoms with Crippen molar-refractivity contribution in [1.29, 1.82) is 0 Å². The van der Waals surface area contributed by atoms with Gasteiger partial charge in [0.1, 0.15) is 0 Å². The van der Waals surface area contributed by atoms with Crippen LogP contribution in [0.3, 0.4) is 0 Å². The fourth-order valence-electron chi connectivity index (χ4n) is 2.99. The predicted octanol–water partition coefficient (Wildman–Crippen LogP) is 3.56. The van der Waals surface area contributed by atoms with E-state index in [4.69, 9.17) is 4.74 Å². The van der Waals surface area contributed by atoms with Crippen LogP contribution in [-0.4, -0.2) is 38.3 Å². The first-order chi connectivity index (χ1) is 8.88. The maximum atomic E-state index is 5.10. The second-order valence-corrected chi connectivity index (χ2v) is 6.73. The van der Waals surface area contributed by atoms with Gasteiger partial charge in [-0.1, -0.05) is 32.6 Å². The van der Waals surface area contributed by atoms with Crippen LogP contribution in [-0.2, 0) is 4.74 Å². The van der Waals surface area contributed by atoms with Crippen molar-refractivity contribution in [3.05, 3.63) is 0 Å². The van der Waals surface area contributed by atoms with Crippen molar-refractivity contribution in [2.24, 2.45) is 11.8 Å². The zero-order chi connectivity index (χ0) is 13.1. The summed E-state index contributed by atoms with van der Waals surface area (Å²) in [5.41, 5.74) is 0. The molecular weight excluding hydrogens is 242 g/mol. The lowest BCUT2D eigenvalue weighted by Crippen LogP contribution is -2.29. The van der Waals surface area contributed by atoms with Gasteiger partial charge in [0.25, 0.3) is 0 Å². The minimum atomic E-state index is 0.836. The van der Waals surface area contributed by atoms with Crippen molar-refractivity contribution in [3.63, 3.8) is 0 Å². The Hall–Kier alpha value is 0.270. The maximum Gasteiger partial charge on any atom is 0.0587 e. The topological polar surface area (TPSA) is 21.3 Å². The van der Waals surface area contributed by atoms with Crippen LogP contribution in [0.4, 0.5) is 0 Å². The molecule has 1 N–H and O–H groups in total. The molecule has 0 aliphatic heterocycles. The van der Waals surface area contributed by atoms with Crippen molar-refractivity contribution >= 4 is 11.8 Å². The quantitative estimate of drug-likeness (QED) is 0.582. The van der Waals surface area contributed by atoms with Crippen molar-refractivity contribution in [3.8, 4) is 0 Å². The molecule has 18 heavy (non-hydrogen) atoms. The minimum Gasteiger partial charge on any atom is -0.383 e. The van der Waals surface area contributed by atoms with Gasteiger partial charge in [0.15, 0.2) is 0 Å². The Labute approximate surface area is 118 Å². The molecule has 1 atom stereocenters. The highest BCUT2D eigenvalue weighted by atomic mass is 32.2. The number of hydrogen-bond acceptors (Lipinski definition) is 3.